The van der Waals surface area contributed by atoms with E-state index < -0.39 is 28.2 Å². The molecular weight excluding hydrogens is 292 g/mol. The molecule has 23 heavy (non-hydrogen) atoms. The van der Waals surface area contributed by atoms with Crippen molar-refractivity contribution in [3.63, 3.8) is 0 Å². The second-order valence-electron chi connectivity index (χ2n) is 7.51. The summed E-state index contributed by atoms with van der Waals surface area (Å²) in [6, 6.07) is 9.25. The number of carbonyl (C=O) groups is 2. The zero-order valence-electron chi connectivity index (χ0n) is 14.7. The average Bonchev–Trinajstić information content (AvgIpc) is 2.43. The van der Waals surface area contributed by atoms with Crippen LogP contribution in [-0.2, 0) is 16.0 Å². The Morgan fingerprint density at radius 2 is 1.48 bits per heavy atom. The van der Waals surface area contributed by atoms with E-state index in [0.717, 1.165) is 5.56 Å². The van der Waals surface area contributed by atoms with Gasteiger partial charge in [-0.2, -0.15) is 0 Å². The quantitative estimate of drug-likeness (QED) is 0.788. The number of aliphatic carboxylic acids is 2. The van der Waals surface area contributed by atoms with Crippen LogP contribution in [0.5, 0.6) is 0 Å². The molecule has 1 aromatic carbocycles. The largest absolute Gasteiger partial charge is 0.481 e. The maximum Gasteiger partial charge on any atom is 0.311 e. The molecule has 2 atom stereocenters. The first-order valence-electron chi connectivity index (χ1n) is 8.03. The van der Waals surface area contributed by atoms with E-state index in [1.54, 1.807) is 6.92 Å². The predicted octanol–water partition coefficient (Wildman–Crippen LogP) is 4.24. The number of hydrogen-bond donors (Lipinski definition) is 2. The minimum Gasteiger partial charge on any atom is -0.481 e. The maximum atomic E-state index is 12.3. The Labute approximate surface area is 138 Å². The molecule has 0 aromatic heterocycles. The fourth-order valence-electron chi connectivity index (χ4n) is 3.93. The lowest BCUT2D eigenvalue weighted by Crippen LogP contribution is -2.58. The fraction of sp³-hybridized carbons (Fsp3) is 0.579. The van der Waals surface area contributed by atoms with E-state index in [9.17, 15) is 19.8 Å². The average molecular weight is 320 g/mol. The second-order valence-corrected chi connectivity index (χ2v) is 7.51. The van der Waals surface area contributed by atoms with Gasteiger partial charge in [-0.15, -0.1) is 0 Å². The third kappa shape index (κ3) is 3.26. The Hall–Kier alpha value is -1.84. The van der Waals surface area contributed by atoms with Crippen molar-refractivity contribution in [1.82, 2.24) is 0 Å². The summed E-state index contributed by atoms with van der Waals surface area (Å²) in [6.07, 6.45) is 1.12. The Morgan fingerprint density at radius 3 is 1.83 bits per heavy atom. The minimum absolute atomic E-state index is 0.187. The smallest absolute Gasteiger partial charge is 0.311 e. The van der Waals surface area contributed by atoms with Gasteiger partial charge in [0, 0.05) is 0 Å². The molecule has 0 saturated heterocycles. The number of carboxylic acids is 2. The molecule has 0 aliphatic carbocycles. The van der Waals surface area contributed by atoms with Crippen molar-refractivity contribution in [3.05, 3.63) is 35.9 Å². The fourth-order valence-corrected chi connectivity index (χ4v) is 3.93. The van der Waals surface area contributed by atoms with Crippen molar-refractivity contribution in [2.75, 3.05) is 0 Å². The summed E-state index contributed by atoms with van der Waals surface area (Å²) in [5, 5.41) is 20.1. The van der Waals surface area contributed by atoms with Crippen LogP contribution in [0.15, 0.2) is 30.3 Å². The molecule has 0 fully saturated rings. The van der Waals surface area contributed by atoms with Gasteiger partial charge in [-0.05, 0) is 30.7 Å². The highest BCUT2D eigenvalue weighted by Gasteiger charge is 2.63. The molecule has 0 aliphatic rings. The van der Waals surface area contributed by atoms with Crippen LogP contribution in [0.4, 0.5) is 0 Å². The Bertz CT molecular complexity index is 558. The van der Waals surface area contributed by atoms with E-state index in [2.05, 4.69) is 0 Å². The van der Waals surface area contributed by atoms with Gasteiger partial charge in [-0.1, -0.05) is 64.4 Å². The van der Waals surface area contributed by atoms with Crippen molar-refractivity contribution in [2.24, 2.45) is 16.2 Å². The van der Waals surface area contributed by atoms with Gasteiger partial charge in [0.25, 0.3) is 0 Å². The lowest BCUT2D eigenvalue weighted by Gasteiger charge is -2.51. The summed E-state index contributed by atoms with van der Waals surface area (Å²) < 4.78 is 0. The Morgan fingerprint density at radius 1 is 0.957 bits per heavy atom. The highest BCUT2D eigenvalue weighted by atomic mass is 16.4. The van der Waals surface area contributed by atoms with E-state index in [1.807, 2.05) is 58.0 Å². The van der Waals surface area contributed by atoms with Crippen LogP contribution in [-0.4, -0.2) is 22.2 Å². The maximum absolute atomic E-state index is 12.3. The molecule has 1 rings (SSSR count). The van der Waals surface area contributed by atoms with Crippen molar-refractivity contribution in [1.29, 1.82) is 0 Å². The number of carboxylic acid groups (broad SMARTS) is 2. The predicted molar refractivity (Wildman–Crippen MR) is 90.3 cm³/mol. The van der Waals surface area contributed by atoms with Gasteiger partial charge in [0.2, 0.25) is 0 Å². The van der Waals surface area contributed by atoms with Gasteiger partial charge >= 0.3 is 11.9 Å². The van der Waals surface area contributed by atoms with Crippen molar-refractivity contribution in [3.8, 4) is 0 Å². The molecule has 128 valence electrons. The van der Waals surface area contributed by atoms with E-state index in [0.29, 0.717) is 12.8 Å². The third-order valence-electron chi connectivity index (χ3n) is 5.08. The summed E-state index contributed by atoms with van der Waals surface area (Å²) >= 11 is 0. The van der Waals surface area contributed by atoms with Gasteiger partial charge in [0.1, 0.15) is 0 Å². The summed E-state index contributed by atoms with van der Waals surface area (Å²) in [6.45, 7) is 8.94. The summed E-state index contributed by atoms with van der Waals surface area (Å²) in [4.78, 5) is 24.6. The molecule has 2 unspecified atom stereocenters. The first-order chi connectivity index (χ1) is 10.5. The van der Waals surface area contributed by atoms with E-state index in [1.165, 1.54) is 0 Å². The third-order valence-corrected chi connectivity index (χ3v) is 5.08. The molecular formula is C19H28O4. The van der Waals surface area contributed by atoms with Crippen LogP contribution < -0.4 is 0 Å². The van der Waals surface area contributed by atoms with Gasteiger partial charge in [0.05, 0.1) is 10.8 Å². The molecule has 0 aliphatic heterocycles. The second kappa shape index (κ2) is 6.73. The van der Waals surface area contributed by atoms with Crippen molar-refractivity contribution < 1.29 is 19.8 Å². The summed E-state index contributed by atoms with van der Waals surface area (Å²) in [7, 11) is 0. The molecule has 0 bridgehead atoms. The lowest BCUT2D eigenvalue weighted by molar-refractivity contribution is -0.186. The first kappa shape index (κ1) is 19.2. The van der Waals surface area contributed by atoms with Gasteiger partial charge in [0.15, 0.2) is 0 Å². The number of hydrogen-bond acceptors (Lipinski definition) is 2. The van der Waals surface area contributed by atoms with Gasteiger partial charge in [-0.3, -0.25) is 9.59 Å². The van der Waals surface area contributed by atoms with Gasteiger partial charge in [-0.25, -0.2) is 0 Å². The molecule has 2 N–H and O–H groups in total. The van der Waals surface area contributed by atoms with Crippen molar-refractivity contribution in [2.45, 2.75) is 53.9 Å². The molecule has 1 aromatic rings. The number of benzene rings is 1. The normalized spacial score (nSPS) is 17.1. The zero-order valence-corrected chi connectivity index (χ0v) is 14.7. The van der Waals surface area contributed by atoms with E-state index in [4.69, 9.17) is 0 Å². The topological polar surface area (TPSA) is 74.6 Å². The molecule has 0 amide bonds. The Kier molecular flexibility index (Phi) is 5.62. The van der Waals surface area contributed by atoms with Crippen LogP contribution in [0.3, 0.4) is 0 Å². The molecule has 0 radical (unpaired) electrons. The standard InChI is InChI=1S/C19H28O4/c1-6-12-19(16(22)23,17(2,3)4)18(5,15(20)21)13-14-10-8-7-9-11-14/h7-11H,6,12-13H2,1-5H3,(H,20,21)(H,22,23). The number of rotatable bonds is 7. The van der Waals surface area contributed by atoms with Crippen LogP contribution in [0.25, 0.3) is 0 Å². The molecule has 4 heteroatoms. The van der Waals surface area contributed by atoms with Crippen LogP contribution >= 0.6 is 0 Å². The summed E-state index contributed by atoms with van der Waals surface area (Å²) in [5.74, 6) is -2.10. The first-order valence-corrected chi connectivity index (χ1v) is 8.03. The lowest BCUT2D eigenvalue weighted by atomic mass is 9.49. The highest BCUT2D eigenvalue weighted by Crippen LogP contribution is 2.56. The SMILES string of the molecule is CCCC(C(=O)O)(C(C)(C)C)C(C)(Cc1ccccc1)C(=O)O. The minimum atomic E-state index is -1.41. The van der Waals surface area contributed by atoms with Crippen LogP contribution in [0, 0.1) is 16.2 Å². The zero-order chi connectivity index (χ0) is 17.9. The van der Waals surface area contributed by atoms with Gasteiger partial charge < -0.3 is 10.2 Å². The molecule has 0 heterocycles. The molecule has 4 nitrogen and oxygen atoms in total. The van der Waals surface area contributed by atoms with Crippen LogP contribution in [0.1, 0.15) is 53.0 Å². The summed E-state index contributed by atoms with van der Waals surface area (Å²) in [5.41, 5.74) is -2.63. The van der Waals surface area contributed by atoms with Crippen LogP contribution in [0.2, 0.25) is 0 Å². The Balaban J connectivity index is 3.58. The highest BCUT2D eigenvalue weighted by molar-refractivity contribution is 5.87. The van der Waals surface area contributed by atoms with E-state index in [-0.39, 0.29) is 6.42 Å². The van der Waals surface area contributed by atoms with Crippen molar-refractivity contribution >= 4 is 11.9 Å². The monoisotopic (exact) mass is 320 g/mol. The molecule has 0 spiro atoms. The molecule has 0 saturated carbocycles. The van der Waals surface area contributed by atoms with E-state index >= 15 is 0 Å².